The van der Waals surface area contributed by atoms with Crippen LogP contribution >= 0.6 is 0 Å². The van der Waals surface area contributed by atoms with E-state index >= 15 is 0 Å². The van der Waals surface area contributed by atoms with E-state index in [1.165, 1.54) is 0 Å². The average Bonchev–Trinajstić information content (AvgIpc) is 3.16. The fraction of sp³-hybridized carbons (Fsp3) is 0.412. The SMILES string of the molecule is Cc1c(CC(=O)N[C@@H]2CC[C@H](C(=O)O)C2)nnn1-c1ccccc1. The molecule has 0 spiro atoms. The van der Waals surface area contributed by atoms with Crippen molar-refractivity contribution in [2.24, 2.45) is 5.92 Å². The number of carboxylic acids is 1. The van der Waals surface area contributed by atoms with Crippen LogP contribution < -0.4 is 5.32 Å². The molecule has 1 amide bonds. The molecule has 0 unspecified atom stereocenters. The fourth-order valence-corrected chi connectivity index (χ4v) is 3.11. The number of nitrogens with zero attached hydrogens (tertiary/aromatic N) is 3. The molecule has 0 saturated heterocycles. The third-order valence-electron chi connectivity index (χ3n) is 4.47. The van der Waals surface area contributed by atoms with Crippen LogP contribution in [-0.2, 0) is 16.0 Å². The second-order valence-corrected chi connectivity index (χ2v) is 6.16. The fourth-order valence-electron chi connectivity index (χ4n) is 3.11. The second kappa shape index (κ2) is 6.82. The standard InChI is InChI=1S/C17H20N4O3/c1-11-15(19-20-21(11)14-5-3-2-4-6-14)10-16(22)18-13-8-7-12(9-13)17(23)24/h2-6,12-13H,7-10H2,1H3,(H,18,22)(H,23,24)/t12-,13+/m0/s1. The quantitative estimate of drug-likeness (QED) is 0.866. The average molecular weight is 328 g/mol. The minimum absolute atomic E-state index is 0.0666. The van der Waals surface area contributed by atoms with E-state index in [4.69, 9.17) is 5.11 Å². The first-order chi connectivity index (χ1) is 11.5. The van der Waals surface area contributed by atoms with Gasteiger partial charge >= 0.3 is 5.97 Å². The van der Waals surface area contributed by atoms with Gasteiger partial charge in [0.1, 0.15) is 0 Å². The Morgan fingerprint density at radius 3 is 2.71 bits per heavy atom. The molecule has 7 nitrogen and oxygen atoms in total. The first kappa shape index (κ1) is 16.2. The summed E-state index contributed by atoms with van der Waals surface area (Å²) < 4.78 is 1.71. The van der Waals surface area contributed by atoms with Gasteiger partial charge in [0, 0.05) is 6.04 Å². The molecule has 1 aromatic heterocycles. The molecular formula is C17H20N4O3. The van der Waals surface area contributed by atoms with E-state index in [-0.39, 0.29) is 24.3 Å². The van der Waals surface area contributed by atoms with E-state index in [0.29, 0.717) is 25.0 Å². The van der Waals surface area contributed by atoms with E-state index in [1.54, 1.807) is 4.68 Å². The van der Waals surface area contributed by atoms with Gasteiger partial charge in [0.2, 0.25) is 5.91 Å². The summed E-state index contributed by atoms with van der Waals surface area (Å²) in [5, 5.41) is 20.1. The Labute approximate surface area is 139 Å². The molecule has 1 aromatic carbocycles. The minimum atomic E-state index is -0.784. The summed E-state index contributed by atoms with van der Waals surface area (Å²) in [6.07, 6.45) is 1.96. The summed E-state index contributed by atoms with van der Waals surface area (Å²) in [5.41, 5.74) is 2.35. The normalized spacial score (nSPS) is 20.0. The Morgan fingerprint density at radius 1 is 1.29 bits per heavy atom. The third-order valence-corrected chi connectivity index (χ3v) is 4.47. The van der Waals surface area contributed by atoms with Gasteiger partial charge in [-0.25, -0.2) is 4.68 Å². The van der Waals surface area contributed by atoms with Crippen molar-refractivity contribution >= 4 is 11.9 Å². The van der Waals surface area contributed by atoms with Crippen LogP contribution in [0.4, 0.5) is 0 Å². The molecule has 126 valence electrons. The molecule has 2 atom stereocenters. The van der Waals surface area contributed by atoms with Crippen molar-refractivity contribution in [2.75, 3.05) is 0 Å². The molecule has 2 N–H and O–H groups in total. The first-order valence-electron chi connectivity index (χ1n) is 8.03. The number of amides is 1. The van der Waals surface area contributed by atoms with Gasteiger partial charge in [0.05, 0.1) is 29.4 Å². The van der Waals surface area contributed by atoms with Gasteiger partial charge < -0.3 is 10.4 Å². The molecule has 1 fully saturated rings. The zero-order valence-corrected chi connectivity index (χ0v) is 13.5. The molecule has 0 aliphatic heterocycles. The lowest BCUT2D eigenvalue weighted by atomic mass is 10.1. The minimum Gasteiger partial charge on any atom is -0.481 e. The Bertz CT molecular complexity index is 742. The van der Waals surface area contributed by atoms with Gasteiger partial charge in [-0.1, -0.05) is 23.4 Å². The number of para-hydroxylation sites is 1. The van der Waals surface area contributed by atoms with Gasteiger partial charge in [-0.3, -0.25) is 9.59 Å². The monoisotopic (exact) mass is 328 g/mol. The number of aromatic nitrogens is 3. The highest BCUT2D eigenvalue weighted by molar-refractivity contribution is 5.79. The molecule has 24 heavy (non-hydrogen) atoms. The van der Waals surface area contributed by atoms with Crippen LogP contribution in [0, 0.1) is 12.8 Å². The summed E-state index contributed by atoms with van der Waals surface area (Å²) >= 11 is 0. The molecule has 1 heterocycles. The molecule has 0 bridgehead atoms. The van der Waals surface area contributed by atoms with Crippen molar-refractivity contribution in [3.63, 3.8) is 0 Å². The predicted molar refractivity (Wildman–Crippen MR) is 86.7 cm³/mol. The van der Waals surface area contributed by atoms with Crippen LogP contribution in [-0.4, -0.2) is 38.0 Å². The van der Waals surface area contributed by atoms with Crippen LogP contribution in [0.2, 0.25) is 0 Å². The Hall–Kier alpha value is -2.70. The van der Waals surface area contributed by atoms with Crippen molar-refractivity contribution in [3.8, 4) is 5.69 Å². The van der Waals surface area contributed by atoms with E-state index in [9.17, 15) is 9.59 Å². The topological polar surface area (TPSA) is 97.1 Å². The third kappa shape index (κ3) is 3.45. The molecular weight excluding hydrogens is 308 g/mol. The molecule has 0 radical (unpaired) electrons. The van der Waals surface area contributed by atoms with Gasteiger partial charge in [0.25, 0.3) is 0 Å². The van der Waals surface area contributed by atoms with Crippen LogP contribution in [0.15, 0.2) is 30.3 Å². The van der Waals surface area contributed by atoms with Crippen LogP contribution in [0.5, 0.6) is 0 Å². The van der Waals surface area contributed by atoms with Gasteiger partial charge in [-0.2, -0.15) is 0 Å². The zero-order chi connectivity index (χ0) is 17.1. The number of nitrogens with one attached hydrogen (secondary N) is 1. The smallest absolute Gasteiger partial charge is 0.306 e. The summed E-state index contributed by atoms with van der Waals surface area (Å²) in [4.78, 5) is 23.2. The van der Waals surface area contributed by atoms with E-state index in [2.05, 4.69) is 15.6 Å². The van der Waals surface area contributed by atoms with Gasteiger partial charge in [-0.15, -0.1) is 5.10 Å². The molecule has 1 saturated carbocycles. The number of rotatable bonds is 5. The Kier molecular flexibility index (Phi) is 4.59. The lowest BCUT2D eigenvalue weighted by molar-refractivity contribution is -0.141. The van der Waals surface area contributed by atoms with E-state index < -0.39 is 5.97 Å². The summed E-state index contributed by atoms with van der Waals surface area (Å²) in [6, 6.07) is 9.55. The molecule has 3 rings (SSSR count). The van der Waals surface area contributed by atoms with Crippen molar-refractivity contribution < 1.29 is 14.7 Å². The number of benzene rings is 1. The molecule has 1 aliphatic rings. The maximum absolute atomic E-state index is 12.2. The van der Waals surface area contributed by atoms with Gasteiger partial charge in [-0.05, 0) is 38.3 Å². The largest absolute Gasteiger partial charge is 0.481 e. The molecule has 7 heteroatoms. The maximum Gasteiger partial charge on any atom is 0.306 e. The van der Waals surface area contributed by atoms with E-state index in [0.717, 1.165) is 11.4 Å². The first-order valence-corrected chi connectivity index (χ1v) is 8.03. The van der Waals surface area contributed by atoms with Gasteiger partial charge in [0.15, 0.2) is 0 Å². The van der Waals surface area contributed by atoms with Crippen LogP contribution in [0.3, 0.4) is 0 Å². The number of carbonyl (C=O) groups is 2. The summed E-state index contributed by atoms with van der Waals surface area (Å²) in [7, 11) is 0. The Balaban J connectivity index is 1.62. The van der Waals surface area contributed by atoms with Crippen molar-refractivity contribution in [2.45, 2.75) is 38.6 Å². The lowest BCUT2D eigenvalue weighted by Crippen LogP contribution is -2.34. The number of carbonyl (C=O) groups excluding carboxylic acids is 1. The summed E-state index contributed by atoms with van der Waals surface area (Å²) in [5.74, 6) is -1.28. The molecule has 2 aromatic rings. The Morgan fingerprint density at radius 2 is 2.04 bits per heavy atom. The summed E-state index contributed by atoms with van der Waals surface area (Å²) in [6.45, 7) is 1.88. The highest BCUT2D eigenvalue weighted by Crippen LogP contribution is 2.25. The number of aliphatic carboxylic acids is 1. The van der Waals surface area contributed by atoms with E-state index in [1.807, 2.05) is 37.3 Å². The molecule has 1 aliphatic carbocycles. The second-order valence-electron chi connectivity index (χ2n) is 6.16. The maximum atomic E-state index is 12.2. The van der Waals surface area contributed by atoms with Crippen molar-refractivity contribution in [1.82, 2.24) is 20.3 Å². The van der Waals surface area contributed by atoms with Crippen molar-refractivity contribution in [1.29, 1.82) is 0 Å². The van der Waals surface area contributed by atoms with Crippen LogP contribution in [0.25, 0.3) is 5.69 Å². The number of hydrogen-bond donors (Lipinski definition) is 2. The predicted octanol–water partition coefficient (Wildman–Crippen LogP) is 1.49. The van der Waals surface area contributed by atoms with Crippen molar-refractivity contribution in [3.05, 3.63) is 41.7 Å². The zero-order valence-electron chi connectivity index (χ0n) is 13.5. The highest BCUT2D eigenvalue weighted by atomic mass is 16.4. The number of carboxylic acid groups (broad SMARTS) is 1. The van der Waals surface area contributed by atoms with Crippen LogP contribution in [0.1, 0.15) is 30.7 Å². The number of hydrogen-bond acceptors (Lipinski definition) is 4. The lowest BCUT2D eigenvalue weighted by Gasteiger charge is -2.12. The highest BCUT2D eigenvalue weighted by Gasteiger charge is 2.30.